The molecule has 0 spiro atoms. The number of aryl methyl sites for hydroxylation is 1. The standard InChI is InChI=1S/C22H24F3N8O/c1-13-6-26-16-17(20-8-21(9-20,10-20)22(23,24)25)29-19(30-18(16)28-13)31-4-5-34-15(7-31)32-11-27-33(12-32)14-2-3-14/h6,11-12,14-15H,2-5,7-10H2,1H3/q+1. The van der Waals surface area contributed by atoms with E-state index in [1.54, 1.807) is 12.5 Å². The Balaban J connectivity index is 1.22. The third kappa shape index (κ3) is 2.90. The van der Waals surface area contributed by atoms with Crippen LogP contribution < -0.4 is 9.47 Å². The SMILES string of the molecule is Cc1cnc2c(C34CC(C(F)(F)F)(C3)C4)nc(N3CCOC([n+]4cnn(C5CC5)c4)C3)nc2n1. The van der Waals surface area contributed by atoms with Crippen molar-refractivity contribution < 1.29 is 22.5 Å². The van der Waals surface area contributed by atoms with E-state index in [1.165, 1.54) is 0 Å². The Kier molecular flexibility index (Phi) is 3.98. The number of ether oxygens (including phenoxy) is 1. The van der Waals surface area contributed by atoms with Crippen LogP contribution in [0.3, 0.4) is 0 Å². The van der Waals surface area contributed by atoms with Crippen molar-refractivity contribution in [2.45, 2.75) is 62.9 Å². The smallest absolute Gasteiger partial charge is 0.342 e. The molecule has 4 heterocycles. The number of aromatic nitrogens is 7. The van der Waals surface area contributed by atoms with Crippen molar-refractivity contribution in [2.24, 2.45) is 5.41 Å². The van der Waals surface area contributed by atoms with Gasteiger partial charge in [0, 0.05) is 23.3 Å². The Labute approximate surface area is 193 Å². The zero-order valence-electron chi connectivity index (χ0n) is 18.7. The van der Waals surface area contributed by atoms with Crippen LogP contribution in [0, 0.1) is 12.3 Å². The minimum absolute atomic E-state index is 0.0621. The molecule has 0 aromatic carbocycles. The largest absolute Gasteiger partial charge is 0.394 e. The number of rotatable bonds is 4. The van der Waals surface area contributed by atoms with E-state index >= 15 is 0 Å². The van der Waals surface area contributed by atoms with Crippen LogP contribution in [-0.4, -0.2) is 55.6 Å². The Morgan fingerprint density at radius 1 is 1.15 bits per heavy atom. The highest BCUT2D eigenvalue weighted by atomic mass is 19.4. The van der Waals surface area contributed by atoms with Crippen LogP contribution in [-0.2, 0) is 10.2 Å². The number of fused-ring (bicyclic) bond motifs is 1. The highest BCUT2D eigenvalue weighted by Crippen LogP contribution is 2.78. The summed E-state index contributed by atoms with van der Waals surface area (Å²) < 4.78 is 50.4. The second-order valence-electron chi connectivity index (χ2n) is 10.3. The van der Waals surface area contributed by atoms with Gasteiger partial charge in [-0.2, -0.15) is 18.2 Å². The van der Waals surface area contributed by atoms with E-state index in [0.717, 1.165) is 12.8 Å². The summed E-state index contributed by atoms with van der Waals surface area (Å²) in [5.74, 6) is 0.469. The second kappa shape index (κ2) is 6.61. The zero-order chi connectivity index (χ0) is 23.3. The molecule has 1 saturated heterocycles. The molecule has 4 aliphatic carbocycles. The summed E-state index contributed by atoms with van der Waals surface area (Å²) >= 11 is 0. The van der Waals surface area contributed by atoms with Gasteiger partial charge in [-0.15, -0.1) is 4.68 Å². The van der Waals surface area contributed by atoms with Crippen molar-refractivity contribution in [3.63, 3.8) is 0 Å². The van der Waals surface area contributed by atoms with Crippen LogP contribution in [0.5, 0.6) is 0 Å². The third-order valence-electron chi connectivity index (χ3n) is 7.80. The summed E-state index contributed by atoms with van der Waals surface area (Å²) in [7, 11) is 0. The molecule has 3 aromatic rings. The Bertz CT molecular complexity index is 1280. The van der Waals surface area contributed by atoms with Crippen molar-refractivity contribution in [3.05, 3.63) is 30.2 Å². The van der Waals surface area contributed by atoms with Gasteiger partial charge >= 0.3 is 6.18 Å². The highest BCUT2D eigenvalue weighted by molar-refractivity contribution is 5.76. The molecule has 2 bridgehead atoms. The minimum atomic E-state index is -4.18. The van der Waals surface area contributed by atoms with Gasteiger partial charge in [0.05, 0.1) is 30.0 Å². The first kappa shape index (κ1) is 20.5. The monoisotopic (exact) mass is 473 g/mol. The molecule has 4 saturated carbocycles. The fourth-order valence-corrected chi connectivity index (χ4v) is 5.82. The molecule has 9 nitrogen and oxygen atoms in total. The molecule has 1 unspecified atom stereocenters. The van der Waals surface area contributed by atoms with Gasteiger partial charge in [-0.3, -0.25) is 0 Å². The van der Waals surface area contributed by atoms with E-state index in [1.807, 2.05) is 27.4 Å². The minimum Gasteiger partial charge on any atom is -0.342 e. The van der Waals surface area contributed by atoms with Gasteiger partial charge in [0.25, 0.3) is 6.33 Å². The topological polar surface area (TPSA) is 85.7 Å². The van der Waals surface area contributed by atoms with Gasteiger partial charge in [-0.25, -0.2) is 19.5 Å². The van der Waals surface area contributed by atoms with Crippen molar-refractivity contribution in [1.29, 1.82) is 0 Å². The van der Waals surface area contributed by atoms with E-state index in [0.29, 0.717) is 54.2 Å². The van der Waals surface area contributed by atoms with Gasteiger partial charge in [0.1, 0.15) is 11.6 Å². The molecule has 5 aliphatic rings. The lowest BCUT2D eigenvalue weighted by atomic mass is 9.34. The lowest BCUT2D eigenvalue weighted by Gasteiger charge is -2.70. The zero-order valence-corrected chi connectivity index (χ0v) is 18.7. The Morgan fingerprint density at radius 3 is 2.68 bits per heavy atom. The number of alkyl halides is 3. The summed E-state index contributed by atoms with van der Waals surface area (Å²) in [6, 6.07) is 0.474. The summed E-state index contributed by atoms with van der Waals surface area (Å²) in [6.45, 7) is 3.39. The molecule has 34 heavy (non-hydrogen) atoms. The van der Waals surface area contributed by atoms with E-state index in [4.69, 9.17) is 9.72 Å². The van der Waals surface area contributed by atoms with Gasteiger partial charge in [-0.1, -0.05) is 0 Å². The van der Waals surface area contributed by atoms with E-state index in [-0.39, 0.29) is 25.5 Å². The fraction of sp³-hybridized carbons (Fsp3) is 0.636. The molecule has 3 aromatic heterocycles. The molecule has 0 N–H and O–H groups in total. The summed E-state index contributed by atoms with van der Waals surface area (Å²) in [5.41, 5.74) is 0.0862. The van der Waals surface area contributed by atoms with Crippen molar-refractivity contribution in [2.75, 3.05) is 24.6 Å². The maximum Gasteiger partial charge on any atom is 0.394 e. The van der Waals surface area contributed by atoms with E-state index < -0.39 is 17.0 Å². The molecule has 1 aliphatic heterocycles. The molecular weight excluding hydrogens is 449 g/mol. The molecular formula is C22H24F3N8O+. The maximum absolute atomic E-state index is 13.5. The molecule has 8 rings (SSSR count). The van der Waals surface area contributed by atoms with Gasteiger partial charge in [-0.05, 0) is 39.0 Å². The van der Waals surface area contributed by atoms with Crippen LogP contribution in [0.15, 0.2) is 18.9 Å². The van der Waals surface area contributed by atoms with Crippen LogP contribution in [0.2, 0.25) is 0 Å². The lowest BCUT2D eigenvalue weighted by Crippen LogP contribution is -2.70. The quantitative estimate of drug-likeness (QED) is 0.539. The highest BCUT2D eigenvalue weighted by Gasteiger charge is 2.79. The Hall–Kier alpha value is -2.89. The van der Waals surface area contributed by atoms with Crippen molar-refractivity contribution in [3.8, 4) is 0 Å². The van der Waals surface area contributed by atoms with Gasteiger partial charge in [0.2, 0.25) is 12.3 Å². The van der Waals surface area contributed by atoms with E-state index in [9.17, 15) is 13.2 Å². The number of hydrogen-bond acceptors (Lipinski definition) is 7. The summed E-state index contributed by atoms with van der Waals surface area (Å²) in [4.78, 5) is 20.6. The van der Waals surface area contributed by atoms with Crippen LogP contribution in [0.4, 0.5) is 19.1 Å². The maximum atomic E-state index is 13.5. The van der Waals surface area contributed by atoms with Crippen molar-refractivity contribution >= 4 is 17.1 Å². The lowest BCUT2D eigenvalue weighted by molar-refractivity contribution is -0.761. The van der Waals surface area contributed by atoms with Crippen LogP contribution >= 0.6 is 0 Å². The molecule has 0 radical (unpaired) electrons. The number of morpholine rings is 1. The normalized spacial score (nSPS) is 30.8. The fourth-order valence-electron chi connectivity index (χ4n) is 5.82. The average Bonchev–Trinajstić information content (AvgIpc) is 3.47. The first-order valence-electron chi connectivity index (χ1n) is 11.7. The number of nitrogens with zero attached hydrogens (tertiary/aromatic N) is 8. The number of hydrogen-bond donors (Lipinski definition) is 0. The molecule has 12 heteroatoms. The predicted octanol–water partition coefficient (Wildman–Crippen LogP) is 2.57. The number of anilines is 1. The first-order chi connectivity index (χ1) is 16.3. The first-order valence-corrected chi connectivity index (χ1v) is 11.7. The number of halogens is 3. The van der Waals surface area contributed by atoms with Gasteiger partial charge in [0.15, 0.2) is 11.9 Å². The molecule has 1 atom stereocenters. The predicted molar refractivity (Wildman–Crippen MR) is 112 cm³/mol. The van der Waals surface area contributed by atoms with E-state index in [2.05, 4.69) is 20.1 Å². The Morgan fingerprint density at radius 2 is 1.94 bits per heavy atom. The average molecular weight is 473 g/mol. The molecule has 178 valence electrons. The third-order valence-corrected chi connectivity index (χ3v) is 7.80. The molecule has 5 fully saturated rings. The van der Waals surface area contributed by atoms with Gasteiger partial charge < -0.3 is 9.64 Å². The second-order valence-corrected chi connectivity index (χ2v) is 10.3. The molecule has 0 amide bonds. The van der Waals surface area contributed by atoms with Crippen LogP contribution in [0.25, 0.3) is 11.2 Å². The summed E-state index contributed by atoms with van der Waals surface area (Å²) in [6.07, 6.45) is 3.40. The summed E-state index contributed by atoms with van der Waals surface area (Å²) in [5, 5.41) is 4.44. The van der Waals surface area contributed by atoms with Crippen molar-refractivity contribution in [1.82, 2.24) is 29.7 Å². The van der Waals surface area contributed by atoms with Crippen LogP contribution in [0.1, 0.15) is 55.8 Å².